The van der Waals surface area contributed by atoms with E-state index in [1.165, 1.54) is 6.42 Å². The van der Waals surface area contributed by atoms with Gasteiger partial charge >= 0.3 is 5.97 Å². The van der Waals surface area contributed by atoms with Gasteiger partial charge in [0.1, 0.15) is 12.7 Å². The van der Waals surface area contributed by atoms with E-state index in [9.17, 15) is 15.0 Å². The van der Waals surface area contributed by atoms with Crippen LogP contribution in [0.5, 0.6) is 0 Å². The Kier molecular flexibility index (Phi) is 5.07. The van der Waals surface area contributed by atoms with E-state index < -0.39 is 24.1 Å². The van der Waals surface area contributed by atoms with Gasteiger partial charge in [0.25, 0.3) is 0 Å². The number of rotatable bonds is 3. The third kappa shape index (κ3) is 2.59. The largest absolute Gasteiger partial charge is 0.460 e. The normalized spacial score (nSPS) is 51.1. The number of hydrogen-bond donors (Lipinski definition) is 2. The number of hydrogen-bond acceptors (Lipinski definition) is 4. The maximum Gasteiger partial charge on any atom is 0.332 e. The molecule has 1 unspecified atom stereocenters. The predicted octanol–water partition coefficient (Wildman–Crippen LogP) is 3.71. The molecule has 26 heavy (non-hydrogen) atoms. The first-order valence-corrected chi connectivity index (χ1v) is 10.3. The summed E-state index contributed by atoms with van der Waals surface area (Å²) in [5, 5.41) is 20.6. The standard InChI is InChI=1S/C22H36O4/c1-6-20(4)12-17(26-18(24)13-23)21(5)14(2)9-11-22(15(3)19(20)25)10-7-8-16(21)22/h6,14-17,19,23,25H,1,7-13H2,2-5H3/t14?,15-,16-,17+,19-,20+,21+,22+/m0/s1. The summed E-state index contributed by atoms with van der Waals surface area (Å²) >= 11 is 0. The zero-order valence-electron chi connectivity index (χ0n) is 16.8. The Balaban J connectivity index is 2.15. The van der Waals surface area contributed by atoms with Gasteiger partial charge in [0, 0.05) is 10.8 Å². The highest BCUT2D eigenvalue weighted by Crippen LogP contribution is 2.68. The molecule has 0 heterocycles. The van der Waals surface area contributed by atoms with E-state index in [1.54, 1.807) is 0 Å². The van der Waals surface area contributed by atoms with E-state index in [1.807, 2.05) is 13.0 Å². The molecular weight excluding hydrogens is 328 g/mol. The lowest BCUT2D eigenvalue weighted by molar-refractivity contribution is -0.208. The second-order valence-electron chi connectivity index (χ2n) is 9.77. The minimum Gasteiger partial charge on any atom is -0.460 e. The Morgan fingerprint density at radius 3 is 2.58 bits per heavy atom. The molecule has 3 saturated carbocycles. The molecule has 0 aromatic rings. The van der Waals surface area contributed by atoms with E-state index in [4.69, 9.17) is 4.74 Å². The van der Waals surface area contributed by atoms with Crippen molar-refractivity contribution < 1.29 is 19.7 Å². The molecule has 0 radical (unpaired) electrons. The van der Waals surface area contributed by atoms with Crippen molar-refractivity contribution in [2.75, 3.05) is 6.61 Å². The number of aliphatic hydroxyl groups is 2. The third-order valence-corrected chi connectivity index (χ3v) is 8.93. The fourth-order valence-electron chi connectivity index (χ4n) is 6.98. The molecule has 3 aliphatic carbocycles. The van der Waals surface area contributed by atoms with Crippen LogP contribution in [0.15, 0.2) is 12.7 Å². The van der Waals surface area contributed by atoms with Gasteiger partial charge in [-0.3, -0.25) is 0 Å². The molecule has 0 saturated heterocycles. The van der Waals surface area contributed by atoms with E-state index in [2.05, 4.69) is 27.4 Å². The number of carbonyl (C=O) groups excluding carboxylic acids is 1. The van der Waals surface area contributed by atoms with E-state index in [0.717, 1.165) is 25.7 Å². The van der Waals surface area contributed by atoms with Crippen LogP contribution in [0, 0.1) is 34.0 Å². The number of ether oxygens (including phenoxy) is 1. The van der Waals surface area contributed by atoms with Crippen LogP contribution in [0.1, 0.15) is 66.2 Å². The summed E-state index contributed by atoms with van der Waals surface area (Å²) in [5.74, 6) is 0.507. The average Bonchev–Trinajstić information content (AvgIpc) is 3.08. The Labute approximate surface area is 158 Å². The minimum atomic E-state index is -0.597. The fourth-order valence-corrected chi connectivity index (χ4v) is 6.98. The van der Waals surface area contributed by atoms with Gasteiger partial charge in [-0.25, -0.2) is 4.79 Å². The molecule has 8 atom stereocenters. The molecule has 0 amide bonds. The molecule has 0 aliphatic heterocycles. The van der Waals surface area contributed by atoms with Gasteiger partial charge < -0.3 is 14.9 Å². The Bertz CT molecular complexity index is 574. The Morgan fingerprint density at radius 2 is 1.96 bits per heavy atom. The highest BCUT2D eigenvalue weighted by atomic mass is 16.6. The van der Waals surface area contributed by atoms with Crippen LogP contribution < -0.4 is 0 Å². The average molecular weight is 365 g/mol. The van der Waals surface area contributed by atoms with Gasteiger partial charge in [0.15, 0.2) is 0 Å². The summed E-state index contributed by atoms with van der Waals surface area (Å²) in [5.41, 5.74) is -0.549. The molecule has 3 fully saturated rings. The molecular formula is C22H36O4. The first-order chi connectivity index (χ1) is 12.2. The molecule has 3 aliphatic rings. The topological polar surface area (TPSA) is 66.8 Å². The maximum atomic E-state index is 12.1. The lowest BCUT2D eigenvalue weighted by Gasteiger charge is -2.62. The summed E-state index contributed by atoms with van der Waals surface area (Å²) in [6, 6.07) is 0. The number of carbonyl (C=O) groups is 1. The monoisotopic (exact) mass is 364 g/mol. The highest BCUT2D eigenvalue weighted by molar-refractivity contribution is 5.70. The molecule has 2 N–H and O–H groups in total. The van der Waals surface area contributed by atoms with E-state index in [-0.39, 0.29) is 22.9 Å². The molecule has 3 rings (SSSR count). The summed E-state index contributed by atoms with van der Waals surface area (Å²) in [7, 11) is 0. The summed E-state index contributed by atoms with van der Waals surface area (Å²) in [6.07, 6.45) is 7.28. The highest BCUT2D eigenvalue weighted by Gasteiger charge is 2.65. The predicted molar refractivity (Wildman–Crippen MR) is 101 cm³/mol. The van der Waals surface area contributed by atoms with E-state index in [0.29, 0.717) is 18.3 Å². The molecule has 2 bridgehead atoms. The molecule has 4 heteroatoms. The number of aliphatic hydroxyl groups excluding tert-OH is 2. The van der Waals surface area contributed by atoms with Crippen molar-refractivity contribution in [3.05, 3.63) is 12.7 Å². The van der Waals surface area contributed by atoms with Crippen LogP contribution >= 0.6 is 0 Å². The van der Waals surface area contributed by atoms with Crippen LogP contribution in [0.4, 0.5) is 0 Å². The van der Waals surface area contributed by atoms with Gasteiger partial charge in [-0.15, -0.1) is 6.58 Å². The Hall–Kier alpha value is -0.870. The van der Waals surface area contributed by atoms with Crippen LogP contribution in [-0.4, -0.2) is 35.0 Å². The maximum absolute atomic E-state index is 12.1. The Morgan fingerprint density at radius 1 is 1.27 bits per heavy atom. The van der Waals surface area contributed by atoms with Crippen molar-refractivity contribution >= 4 is 5.97 Å². The van der Waals surface area contributed by atoms with Gasteiger partial charge in [-0.05, 0) is 55.3 Å². The van der Waals surface area contributed by atoms with Crippen molar-refractivity contribution in [3.63, 3.8) is 0 Å². The van der Waals surface area contributed by atoms with E-state index >= 15 is 0 Å². The van der Waals surface area contributed by atoms with Gasteiger partial charge in [0.05, 0.1) is 6.10 Å². The summed E-state index contributed by atoms with van der Waals surface area (Å²) in [6.45, 7) is 12.3. The zero-order chi connectivity index (χ0) is 19.3. The second kappa shape index (κ2) is 6.63. The molecule has 4 nitrogen and oxygen atoms in total. The van der Waals surface area contributed by atoms with Crippen molar-refractivity contribution in [2.45, 2.75) is 78.4 Å². The van der Waals surface area contributed by atoms with Gasteiger partial charge in [-0.2, -0.15) is 0 Å². The molecule has 0 aromatic heterocycles. The summed E-state index contributed by atoms with van der Waals surface area (Å²) < 4.78 is 5.87. The van der Waals surface area contributed by atoms with Crippen LogP contribution in [0.3, 0.4) is 0 Å². The molecule has 0 spiro atoms. The SMILES string of the molecule is C=C[C@]1(C)C[C@@H](OC(=O)CO)[C@]2(C)C(C)CC[C@]3(CCC[C@H]32)[C@@H](C)[C@@H]1O. The zero-order valence-corrected chi connectivity index (χ0v) is 16.8. The minimum absolute atomic E-state index is 0.106. The second-order valence-corrected chi connectivity index (χ2v) is 9.77. The first-order valence-electron chi connectivity index (χ1n) is 10.3. The lowest BCUT2D eigenvalue weighted by Crippen LogP contribution is -2.61. The van der Waals surface area contributed by atoms with Crippen LogP contribution in [0.2, 0.25) is 0 Å². The van der Waals surface area contributed by atoms with Crippen molar-refractivity contribution in [1.29, 1.82) is 0 Å². The number of esters is 1. The van der Waals surface area contributed by atoms with Crippen molar-refractivity contribution in [1.82, 2.24) is 0 Å². The third-order valence-electron chi connectivity index (χ3n) is 8.93. The van der Waals surface area contributed by atoms with Crippen molar-refractivity contribution in [3.8, 4) is 0 Å². The quantitative estimate of drug-likeness (QED) is 0.592. The molecule has 0 aromatic carbocycles. The van der Waals surface area contributed by atoms with Crippen molar-refractivity contribution in [2.24, 2.45) is 34.0 Å². The van der Waals surface area contributed by atoms with Crippen LogP contribution in [0.25, 0.3) is 0 Å². The lowest BCUT2D eigenvalue weighted by atomic mass is 9.44. The van der Waals surface area contributed by atoms with Crippen LogP contribution in [-0.2, 0) is 9.53 Å². The van der Waals surface area contributed by atoms with Gasteiger partial charge in [0.2, 0.25) is 0 Å². The molecule has 148 valence electrons. The van der Waals surface area contributed by atoms with Gasteiger partial charge in [-0.1, -0.05) is 40.2 Å². The summed E-state index contributed by atoms with van der Waals surface area (Å²) in [4.78, 5) is 12.1. The first kappa shape index (κ1) is 19.9. The fraction of sp³-hybridized carbons (Fsp3) is 0.864. The smallest absolute Gasteiger partial charge is 0.332 e.